The fourth-order valence-corrected chi connectivity index (χ4v) is 18.0. The highest BCUT2D eigenvalue weighted by Gasteiger charge is 2.52. The van der Waals surface area contributed by atoms with Gasteiger partial charge >= 0.3 is 0 Å². The van der Waals surface area contributed by atoms with Crippen LogP contribution in [0.4, 0.5) is 0 Å². The van der Waals surface area contributed by atoms with Crippen LogP contribution in [0, 0.1) is 20.8 Å². The average molecular weight is 639 g/mol. The van der Waals surface area contributed by atoms with Crippen LogP contribution in [0.3, 0.4) is 0 Å². The third-order valence-electron chi connectivity index (χ3n) is 10.6. The second kappa shape index (κ2) is 11.4. The molecule has 0 bridgehead atoms. The van der Waals surface area contributed by atoms with Crippen molar-refractivity contribution in [1.82, 2.24) is 0 Å². The minimum Gasteiger partial charge on any atom is -0.0656 e. The summed E-state index contributed by atoms with van der Waals surface area (Å²) in [6.07, 6.45) is 0. The molecule has 3 aromatic carbocycles. The van der Waals surface area contributed by atoms with Crippen molar-refractivity contribution in [3.63, 3.8) is 0 Å². The Kier molecular flexibility index (Phi) is 9.00. The van der Waals surface area contributed by atoms with Crippen LogP contribution in [0.5, 0.6) is 0 Å². The minimum atomic E-state index is -2.65. The van der Waals surface area contributed by atoms with Crippen molar-refractivity contribution in [3.05, 3.63) is 93.6 Å². The third kappa shape index (κ3) is 5.90. The Labute approximate surface area is 268 Å². The summed E-state index contributed by atoms with van der Waals surface area (Å²) in [5.74, 6) is 0. The number of aryl methyl sites for hydroxylation is 3. The first-order chi connectivity index (χ1) is 19.6. The van der Waals surface area contributed by atoms with E-state index in [-0.39, 0.29) is 0 Å². The Balaban J connectivity index is 2.27. The Bertz CT molecular complexity index is 1450. The summed E-state index contributed by atoms with van der Waals surface area (Å²) in [6.45, 7) is 39.2. The zero-order valence-corrected chi connectivity index (χ0v) is 34.3. The monoisotopic (exact) mass is 638 g/mol. The van der Waals surface area contributed by atoms with Crippen LogP contribution in [0.2, 0.25) is 64.5 Å². The Morgan fingerprint density at radius 3 is 0.860 bits per heavy atom. The van der Waals surface area contributed by atoms with Crippen molar-refractivity contribution < 1.29 is 0 Å². The van der Waals surface area contributed by atoms with Crippen LogP contribution in [0.15, 0.2) is 76.9 Å². The Morgan fingerprint density at radius 1 is 0.395 bits per heavy atom. The van der Waals surface area contributed by atoms with Crippen molar-refractivity contribution in [2.45, 2.75) is 113 Å². The Hall–Kier alpha value is -1.99. The van der Waals surface area contributed by atoms with Crippen LogP contribution >= 0.6 is 0 Å². The highest BCUT2D eigenvalue weighted by Crippen LogP contribution is 2.47. The molecule has 1 aliphatic rings. The SMILES string of the molecule is CC1=C(C)C([Si](c2ccc([Si](C)(C)C)cc2C)(c2ccc([Si](C)(C)C)cc2C)c2ccc([Si](C)(C)C)cc2C)C(C)=C1C. The topological polar surface area (TPSA) is 0 Å². The van der Waals surface area contributed by atoms with Gasteiger partial charge in [-0.2, -0.15) is 0 Å². The smallest absolute Gasteiger partial charge is 0.0656 e. The first-order valence-electron chi connectivity index (χ1n) is 16.3. The molecule has 0 unspecified atom stereocenters. The summed E-state index contributed by atoms with van der Waals surface area (Å²) in [4.78, 5) is 0. The van der Waals surface area contributed by atoms with E-state index in [4.69, 9.17) is 0 Å². The van der Waals surface area contributed by atoms with Crippen LogP contribution in [0.25, 0.3) is 0 Å². The maximum atomic E-state index is 2.59. The zero-order chi connectivity index (χ0) is 32.4. The minimum absolute atomic E-state index is 0.400. The van der Waals surface area contributed by atoms with Crippen molar-refractivity contribution in [3.8, 4) is 0 Å². The average Bonchev–Trinajstić information content (AvgIpc) is 3.07. The summed E-state index contributed by atoms with van der Waals surface area (Å²) in [5.41, 5.74) is 11.0. The molecule has 0 heterocycles. The summed E-state index contributed by atoms with van der Waals surface area (Å²) in [5, 5.41) is 9.50. The summed E-state index contributed by atoms with van der Waals surface area (Å²) < 4.78 is 0. The van der Waals surface area contributed by atoms with Gasteiger partial charge in [0.2, 0.25) is 0 Å². The van der Waals surface area contributed by atoms with Gasteiger partial charge in [0.1, 0.15) is 0 Å². The highest BCUT2D eigenvalue weighted by molar-refractivity contribution is 7.14. The van der Waals surface area contributed by atoms with Crippen molar-refractivity contribution in [2.24, 2.45) is 0 Å². The van der Waals surface area contributed by atoms with E-state index in [1.165, 1.54) is 27.8 Å². The van der Waals surface area contributed by atoms with E-state index >= 15 is 0 Å². The van der Waals surface area contributed by atoms with E-state index in [1.54, 1.807) is 42.3 Å². The number of allylic oxidation sites excluding steroid dienone is 4. The summed E-state index contributed by atoms with van der Waals surface area (Å²) in [6, 6.07) is 23.1. The lowest BCUT2D eigenvalue weighted by molar-refractivity contribution is 1.09. The van der Waals surface area contributed by atoms with E-state index < -0.39 is 32.3 Å². The fraction of sp³-hybridized carbons (Fsp3) is 0.436. The number of benzene rings is 3. The third-order valence-corrected chi connectivity index (χ3v) is 22.7. The molecular formula is C39H58Si4. The molecule has 0 amide bonds. The predicted octanol–water partition coefficient (Wildman–Crippen LogP) is 7.77. The number of hydrogen-bond donors (Lipinski definition) is 0. The quantitative estimate of drug-likeness (QED) is 0.183. The van der Waals surface area contributed by atoms with Crippen molar-refractivity contribution >= 4 is 63.4 Å². The molecule has 1 aliphatic carbocycles. The predicted molar refractivity (Wildman–Crippen MR) is 208 cm³/mol. The van der Waals surface area contributed by atoms with E-state index in [2.05, 4.69) is 162 Å². The number of hydrogen-bond acceptors (Lipinski definition) is 0. The van der Waals surface area contributed by atoms with Gasteiger partial charge in [-0.1, -0.05) is 157 Å². The van der Waals surface area contributed by atoms with Gasteiger partial charge in [0.25, 0.3) is 0 Å². The normalized spacial score (nSPS) is 15.6. The molecule has 43 heavy (non-hydrogen) atoms. The molecule has 3 aromatic rings. The van der Waals surface area contributed by atoms with Crippen molar-refractivity contribution in [2.75, 3.05) is 0 Å². The molecule has 4 heteroatoms. The molecule has 0 radical (unpaired) electrons. The van der Waals surface area contributed by atoms with E-state index in [9.17, 15) is 0 Å². The van der Waals surface area contributed by atoms with E-state index in [1.807, 2.05) is 0 Å². The van der Waals surface area contributed by atoms with E-state index in [0.29, 0.717) is 5.54 Å². The lowest BCUT2D eigenvalue weighted by Gasteiger charge is -2.44. The molecule has 0 atom stereocenters. The van der Waals surface area contributed by atoms with Crippen LogP contribution in [-0.4, -0.2) is 32.3 Å². The Morgan fingerprint density at radius 2 is 0.651 bits per heavy atom. The molecule has 0 aliphatic heterocycles. The van der Waals surface area contributed by atoms with Gasteiger partial charge in [-0.15, -0.1) is 0 Å². The maximum Gasteiger partial charge on any atom is 0.160 e. The van der Waals surface area contributed by atoms with Gasteiger partial charge in [0.15, 0.2) is 8.07 Å². The molecule has 0 saturated carbocycles. The van der Waals surface area contributed by atoms with Gasteiger partial charge in [0.05, 0.1) is 24.2 Å². The molecule has 4 rings (SSSR count). The molecule has 0 saturated heterocycles. The summed E-state index contributed by atoms with van der Waals surface area (Å²) in [7, 11) is -7.03. The van der Waals surface area contributed by atoms with Crippen molar-refractivity contribution in [1.29, 1.82) is 0 Å². The van der Waals surface area contributed by atoms with Crippen LogP contribution < -0.4 is 31.1 Å². The fourth-order valence-electron chi connectivity index (χ4n) is 7.62. The van der Waals surface area contributed by atoms with Crippen LogP contribution in [0.1, 0.15) is 44.4 Å². The summed E-state index contributed by atoms with van der Waals surface area (Å²) >= 11 is 0. The molecule has 0 fully saturated rings. The second-order valence-electron chi connectivity index (χ2n) is 16.7. The molecule has 0 spiro atoms. The second-order valence-corrected chi connectivity index (χ2v) is 35.7. The molecule has 0 aromatic heterocycles. The molecule has 230 valence electrons. The molecule has 0 nitrogen and oxygen atoms in total. The van der Waals surface area contributed by atoms with E-state index in [0.717, 1.165) is 0 Å². The molecular weight excluding hydrogens is 581 g/mol. The van der Waals surface area contributed by atoms with Gasteiger partial charge < -0.3 is 0 Å². The van der Waals surface area contributed by atoms with Gasteiger partial charge in [-0.3, -0.25) is 0 Å². The first kappa shape index (κ1) is 33.9. The highest BCUT2D eigenvalue weighted by atomic mass is 28.3. The lowest BCUT2D eigenvalue weighted by atomic mass is 10.1. The zero-order valence-electron chi connectivity index (χ0n) is 30.3. The first-order valence-corrected chi connectivity index (χ1v) is 28.9. The maximum absolute atomic E-state index is 2.65. The van der Waals surface area contributed by atoms with Gasteiger partial charge in [0, 0.05) is 5.54 Å². The van der Waals surface area contributed by atoms with Crippen LogP contribution in [-0.2, 0) is 0 Å². The standard InChI is InChI=1S/C39H58Si4/c1-26-23-33(40(8,9)10)17-20-36(26)43(39-31(6)29(4)30(5)32(39)7,37-21-18-34(24-27(37)2)41(11,12)13)38-22-19-35(25-28(38)3)42(14,15)16/h17-25,39H,1-16H3. The van der Waals surface area contributed by atoms with Gasteiger partial charge in [-0.05, 0) is 75.2 Å². The molecule has 0 N–H and O–H groups in total. The number of rotatable bonds is 7. The lowest BCUT2D eigenvalue weighted by Crippen LogP contribution is -2.72. The largest absolute Gasteiger partial charge is 0.160 e. The van der Waals surface area contributed by atoms with Gasteiger partial charge in [-0.25, -0.2) is 0 Å².